The maximum Gasteiger partial charge on any atom is 0.0788 e. The Morgan fingerprint density at radius 1 is 1.62 bits per heavy atom. The summed E-state index contributed by atoms with van der Waals surface area (Å²) in [4.78, 5) is 0. The third-order valence-corrected chi connectivity index (χ3v) is 1.91. The highest BCUT2D eigenvalue weighted by Gasteiger charge is 2.14. The average molecular weight is 180 g/mol. The van der Waals surface area contributed by atoms with Crippen molar-refractivity contribution in [1.29, 1.82) is 0 Å². The molecule has 0 fully saturated rings. The average Bonchev–Trinajstić information content (AvgIpc) is 2.64. The Morgan fingerprint density at radius 2 is 2.46 bits per heavy atom. The molecule has 1 rings (SSSR count). The predicted octanol–water partition coefficient (Wildman–Crippen LogP) is 2.09. The van der Waals surface area contributed by atoms with Crippen molar-refractivity contribution in [2.24, 2.45) is 0 Å². The Kier molecular flexibility index (Phi) is 4.50. The standard InChI is InChI=1S/C11H16O2/c1-3-7-12-10(4-2)9-11-6-5-8-13-11/h3-6,10-11H,1-2,7-9H2/t10-,11+/m0/s1. The van der Waals surface area contributed by atoms with Gasteiger partial charge in [0.05, 0.1) is 25.4 Å². The summed E-state index contributed by atoms with van der Waals surface area (Å²) in [6.45, 7) is 8.59. The smallest absolute Gasteiger partial charge is 0.0788 e. The summed E-state index contributed by atoms with van der Waals surface area (Å²) < 4.78 is 10.9. The van der Waals surface area contributed by atoms with Crippen molar-refractivity contribution >= 4 is 0 Å². The van der Waals surface area contributed by atoms with Gasteiger partial charge in [-0.2, -0.15) is 0 Å². The molecule has 1 aliphatic heterocycles. The third kappa shape index (κ3) is 3.57. The molecule has 0 unspecified atom stereocenters. The first-order valence-corrected chi connectivity index (χ1v) is 4.50. The van der Waals surface area contributed by atoms with Crippen LogP contribution in [0.2, 0.25) is 0 Å². The van der Waals surface area contributed by atoms with E-state index in [4.69, 9.17) is 9.47 Å². The van der Waals surface area contributed by atoms with Gasteiger partial charge in [0.1, 0.15) is 0 Å². The minimum atomic E-state index is 0.0609. The van der Waals surface area contributed by atoms with Gasteiger partial charge in [-0.3, -0.25) is 0 Å². The topological polar surface area (TPSA) is 18.5 Å². The summed E-state index contributed by atoms with van der Waals surface area (Å²) in [5.74, 6) is 0. The lowest BCUT2D eigenvalue weighted by Gasteiger charge is -2.15. The van der Waals surface area contributed by atoms with E-state index >= 15 is 0 Å². The first-order valence-electron chi connectivity index (χ1n) is 4.50. The monoisotopic (exact) mass is 180 g/mol. The van der Waals surface area contributed by atoms with E-state index in [1.54, 1.807) is 12.2 Å². The van der Waals surface area contributed by atoms with Crippen LogP contribution in [0.3, 0.4) is 0 Å². The zero-order chi connectivity index (χ0) is 9.52. The zero-order valence-electron chi connectivity index (χ0n) is 7.82. The maximum atomic E-state index is 5.45. The van der Waals surface area contributed by atoms with E-state index in [2.05, 4.69) is 19.2 Å². The highest BCUT2D eigenvalue weighted by molar-refractivity contribution is 4.98. The van der Waals surface area contributed by atoms with Crippen molar-refractivity contribution in [2.75, 3.05) is 13.2 Å². The minimum absolute atomic E-state index is 0.0609. The Balaban J connectivity index is 2.25. The molecule has 0 radical (unpaired) electrons. The van der Waals surface area contributed by atoms with Gasteiger partial charge in [0.15, 0.2) is 0 Å². The molecule has 0 aromatic heterocycles. The summed E-state index contributed by atoms with van der Waals surface area (Å²) in [5, 5.41) is 0. The van der Waals surface area contributed by atoms with E-state index in [1.807, 2.05) is 6.08 Å². The zero-order valence-corrected chi connectivity index (χ0v) is 7.82. The lowest BCUT2D eigenvalue weighted by molar-refractivity contribution is 0.0478. The highest BCUT2D eigenvalue weighted by Crippen LogP contribution is 2.12. The first kappa shape index (κ1) is 10.2. The van der Waals surface area contributed by atoms with Gasteiger partial charge in [0.2, 0.25) is 0 Å². The second-order valence-corrected chi connectivity index (χ2v) is 2.93. The highest BCUT2D eigenvalue weighted by atomic mass is 16.5. The van der Waals surface area contributed by atoms with Gasteiger partial charge in [0, 0.05) is 6.42 Å². The van der Waals surface area contributed by atoms with Crippen LogP contribution in [-0.4, -0.2) is 25.4 Å². The molecule has 0 saturated carbocycles. The van der Waals surface area contributed by atoms with Crippen LogP contribution in [0.25, 0.3) is 0 Å². The van der Waals surface area contributed by atoms with Crippen LogP contribution in [-0.2, 0) is 9.47 Å². The molecule has 0 aromatic carbocycles. The molecule has 0 spiro atoms. The molecule has 0 saturated heterocycles. The SMILES string of the molecule is C=CCO[C@@H](C=C)C[C@H]1C=CCO1. The second kappa shape index (κ2) is 5.73. The van der Waals surface area contributed by atoms with E-state index in [0.717, 1.165) is 13.0 Å². The fraction of sp³-hybridized carbons (Fsp3) is 0.455. The normalized spacial score (nSPS) is 22.9. The van der Waals surface area contributed by atoms with Crippen molar-refractivity contribution in [3.8, 4) is 0 Å². The van der Waals surface area contributed by atoms with Crippen molar-refractivity contribution in [2.45, 2.75) is 18.6 Å². The Bertz CT molecular complexity index is 196. The van der Waals surface area contributed by atoms with E-state index in [9.17, 15) is 0 Å². The van der Waals surface area contributed by atoms with Gasteiger partial charge in [-0.1, -0.05) is 24.3 Å². The van der Waals surface area contributed by atoms with E-state index < -0.39 is 0 Å². The largest absolute Gasteiger partial charge is 0.370 e. The number of hydrogen-bond donors (Lipinski definition) is 0. The summed E-state index contributed by atoms with van der Waals surface area (Å²) >= 11 is 0. The van der Waals surface area contributed by atoms with Crippen molar-refractivity contribution in [3.05, 3.63) is 37.5 Å². The molecular formula is C11H16O2. The Labute approximate surface area is 79.5 Å². The van der Waals surface area contributed by atoms with Crippen LogP contribution in [0.1, 0.15) is 6.42 Å². The van der Waals surface area contributed by atoms with Crippen LogP contribution in [0.5, 0.6) is 0 Å². The molecule has 2 nitrogen and oxygen atoms in total. The number of rotatable bonds is 6. The van der Waals surface area contributed by atoms with Crippen LogP contribution in [0, 0.1) is 0 Å². The molecule has 1 aliphatic rings. The Morgan fingerprint density at radius 3 is 3.00 bits per heavy atom. The number of hydrogen-bond acceptors (Lipinski definition) is 2. The molecule has 0 N–H and O–H groups in total. The molecule has 0 bridgehead atoms. The van der Waals surface area contributed by atoms with Crippen LogP contribution in [0.15, 0.2) is 37.5 Å². The summed E-state index contributed by atoms with van der Waals surface area (Å²) in [6.07, 6.45) is 8.72. The molecule has 2 heteroatoms. The van der Waals surface area contributed by atoms with Crippen LogP contribution in [0.4, 0.5) is 0 Å². The molecular weight excluding hydrogens is 164 g/mol. The van der Waals surface area contributed by atoms with Gasteiger partial charge >= 0.3 is 0 Å². The summed E-state index contributed by atoms with van der Waals surface area (Å²) in [6, 6.07) is 0. The third-order valence-electron chi connectivity index (χ3n) is 1.91. The molecule has 13 heavy (non-hydrogen) atoms. The Hall–Kier alpha value is -0.860. The summed E-state index contributed by atoms with van der Waals surface area (Å²) in [5.41, 5.74) is 0. The van der Waals surface area contributed by atoms with Gasteiger partial charge < -0.3 is 9.47 Å². The van der Waals surface area contributed by atoms with Crippen molar-refractivity contribution in [3.63, 3.8) is 0 Å². The first-order chi connectivity index (χ1) is 6.36. The predicted molar refractivity (Wildman–Crippen MR) is 53.6 cm³/mol. The quantitative estimate of drug-likeness (QED) is 0.583. The molecule has 0 aromatic rings. The van der Waals surface area contributed by atoms with Crippen molar-refractivity contribution < 1.29 is 9.47 Å². The van der Waals surface area contributed by atoms with Gasteiger partial charge in [-0.25, -0.2) is 0 Å². The molecule has 0 amide bonds. The lowest BCUT2D eigenvalue weighted by Crippen LogP contribution is -2.18. The van der Waals surface area contributed by atoms with Gasteiger partial charge in [-0.15, -0.1) is 13.2 Å². The summed E-state index contributed by atoms with van der Waals surface area (Å²) in [7, 11) is 0. The van der Waals surface area contributed by atoms with Crippen LogP contribution < -0.4 is 0 Å². The molecule has 0 aliphatic carbocycles. The second-order valence-electron chi connectivity index (χ2n) is 2.93. The molecule has 72 valence electrons. The van der Waals surface area contributed by atoms with Crippen molar-refractivity contribution in [1.82, 2.24) is 0 Å². The molecule has 1 heterocycles. The van der Waals surface area contributed by atoms with Gasteiger partial charge in [0.25, 0.3) is 0 Å². The minimum Gasteiger partial charge on any atom is -0.370 e. The van der Waals surface area contributed by atoms with Gasteiger partial charge in [-0.05, 0) is 0 Å². The van der Waals surface area contributed by atoms with E-state index in [1.165, 1.54) is 0 Å². The van der Waals surface area contributed by atoms with E-state index in [0.29, 0.717) is 6.61 Å². The van der Waals surface area contributed by atoms with Crippen LogP contribution >= 0.6 is 0 Å². The number of ether oxygens (including phenoxy) is 2. The maximum absolute atomic E-state index is 5.45. The fourth-order valence-electron chi connectivity index (χ4n) is 1.24. The molecule has 2 atom stereocenters. The van der Waals surface area contributed by atoms with E-state index in [-0.39, 0.29) is 12.2 Å². The lowest BCUT2D eigenvalue weighted by atomic mass is 10.1. The fourth-order valence-corrected chi connectivity index (χ4v) is 1.24.